The summed E-state index contributed by atoms with van der Waals surface area (Å²) in [5.74, 6) is 1.09. The van der Waals surface area contributed by atoms with Gasteiger partial charge in [-0.25, -0.2) is 0 Å². The Hall–Kier alpha value is -1.76. The van der Waals surface area contributed by atoms with Crippen LogP contribution in [0.5, 0.6) is 17.2 Å². The summed E-state index contributed by atoms with van der Waals surface area (Å²) in [7, 11) is 6.98. The quantitative estimate of drug-likeness (QED) is 0.788. The minimum Gasteiger partial charge on any atom is -0.504 e. The zero-order chi connectivity index (χ0) is 19.3. The van der Waals surface area contributed by atoms with E-state index in [-0.39, 0.29) is 23.3 Å². The predicted octanol–water partition coefficient (Wildman–Crippen LogP) is 2.00. The Morgan fingerprint density at radius 3 is 2.59 bits per heavy atom. The number of benzene rings is 1. The van der Waals surface area contributed by atoms with Crippen LogP contribution in [0.1, 0.15) is 30.4 Å². The van der Waals surface area contributed by atoms with Gasteiger partial charge in [0.05, 0.1) is 26.4 Å². The van der Waals surface area contributed by atoms with Crippen molar-refractivity contribution in [3.63, 3.8) is 0 Å². The molecule has 2 aliphatic carbocycles. The number of aliphatic hydroxyl groups is 1. The lowest BCUT2D eigenvalue weighted by molar-refractivity contribution is -0.0216. The van der Waals surface area contributed by atoms with Crippen molar-refractivity contribution in [2.75, 3.05) is 34.9 Å². The first-order valence-electron chi connectivity index (χ1n) is 9.57. The number of ether oxygens (including phenoxy) is 3. The van der Waals surface area contributed by atoms with Crippen molar-refractivity contribution in [2.45, 2.75) is 49.3 Å². The topological polar surface area (TPSA) is 71.4 Å². The fourth-order valence-electron chi connectivity index (χ4n) is 5.52. The lowest BCUT2D eigenvalue weighted by Gasteiger charge is -2.51. The molecule has 0 unspecified atom stereocenters. The molecule has 1 aromatic carbocycles. The van der Waals surface area contributed by atoms with Crippen LogP contribution in [0.4, 0.5) is 0 Å². The number of piperidine rings is 1. The predicted molar refractivity (Wildman–Crippen MR) is 102 cm³/mol. The molecule has 6 nitrogen and oxygen atoms in total. The van der Waals surface area contributed by atoms with Crippen LogP contribution >= 0.6 is 0 Å². The summed E-state index contributed by atoms with van der Waals surface area (Å²) in [6.45, 7) is 0.959. The van der Waals surface area contributed by atoms with Crippen molar-refractivity contribution in [3.8, 4) is 17.2 Å². The smallest absolute Gasteiger partial charge is 0.203 e. The van der Waals surface area contributed by atoms with E-state index in [4.69, 9.17) is 14.2 Å². The molecule has 1 heterocycles. The largest absolute Gasteiger partial charge is 0.504 e. The van der Waals surface area contributed by atoms with Gasteiger partial charge in [-0.1, -0.05) is 6.08 Å². The number of aryl methyl sites for hydroxylation is 1. The van der Waals surface area contributed by atoms with Crippen LogP contribution in [-0.2, 0) is 16.6 Å². The van der Waals surface area contributed by atoms with Gasteiger partial charge in [-0.2, -0.15) is 0 Å². The average molecular weight is 375 g/mol. The number of hydrogen-bond donors (Lipinski definition) is 2. The average Bonchev–Trinajstić information content (AvgIpc) is 2.75. The van der Waals surface area contributed by atoms with Gasteiger partial charge in [-0.15, -0.1) is 0 Å². The van der Waals surface area contributed by atoms with Crippen LogP contribution in [0.2, 0.25) is 0 Å². The molecular weight excluding hydrogens is 346 g/mol. The molecule has 4 atom stereocenters. The van der Waals surface area contributed by atoms with Crippen molar-refractivity contribution in [1.82, 2.24) is 4.90 Å². The van der Waals surface area contributed by atoms with E-state index >= 15 is 0 Å². The van der Waals surface area contributed by atoms with Crippen molar-refractivity contribution < 1.29 is 24.4 Å². The second kappa shape index (κ2) is 6.69. The van der Waals surface area contributed by atoms with Gasteiger partial charge in [0.15, 0.2) is 11.5 Å². The molecule has 4 rings (SSSR count). The number of methoxy groups -OCH3 is 3. The third-order valence-electron chi connectivity index (χ3n) is 6.79. The number of rotatable bonds is 3. The number of likely N-dealkylation sites (N-methyl/N-ethyl adjacent to an activating group) is 1. The molecule has 0 aromatic heterocycles. The molecule has 0 spiro atoms. The normalized spacial score (nSPS) is 32.8. The van der Waals surface area contributed by atoms with Crippen LogP contribution in [0, 0.1) is 0 Å². The number of aromatic hydroxyl groups is 1. The van der Waals surface area contributed by atoms with Crippen molar-refractivity contribution in [3.05, 3.63) is 28.8 Å². The minimum atomic E-state index is -0.612. The highest BCUT2D eigenvalue weighted by Crippen LogP contribution is 2.58. The second-order valence-electron chi connectivity index (χ2n) is 7.95. The third kappa shape index (κ3) is 2.57. The van der Waals surface area contributed by atoms with Gasteiger partial charge in [-0.05, 0) is 56.5 Å². The van der Waals surface area contributed by atoms with E-state index < -0.39 is 6.10 Å². The van der Waals surface area contributed by atoms with Crippen LogP contribution in [0.15, 0.2) is 17.7 Å². The number of likely N-dealkylation sites (tertiary alicyclic amines) is 1. The molecule has 1 fully saturated rings. The lowest BCUT2D eigenvalue weighted by atomic mass is 9.60. The van der Waals surface area contributed by atoms with Gasteiger partial charge in [-0.3, -0.25) is 4.90 Å². The molecule has 3 aliphatic rings. The van der Waals surface area contributed by atoms with Gasteiger partial charge < -0.3 is 24.4 Å². The lowest BCUT2D eigenvalue weighted by Crippen LogP contribution is -2.54. The first-order valence-corrected chi connectivity index (χ1v) is 9.57. The molecule has 6 heteroatoms. The van der Waals surface area contributed by atoms with Crippen molar-refractivity contribution >= 4 is 0 Å². The summed E-state index contributed by atoms with van der Waals surface area (Å²) in [5, 5.41) is 21.1. The molecule has 27 heavy (non-hydrogen) atoms. The Morgan fingerprint density at radius 1 is 1.19 bits per heavy atom. The molecule has 1 saturated heterocycles. The van der Waals surface area contributed by atoms with Crippen LogP contribution in [0.3, 0.4) is 0 Å². The van der Waals surface area contributed by atoms with Crippen molar-refractivity contribution in [2.24, 2.45) is 0 Å². The van der Waals surface area contributed by atoms with Gasteiger partial charge >= 0.3 is 0 Å². The Balaban J connectivity index is 2.03. The summed E-state index contributed by atoms with van der Waals surface area (Å²) in [4.78, 5) is 2.37. The van der Waals surface area contributed by atoms with Crippen molar-refractivity contribution in [1.29, 1.82) is 0 Å². The number of fused-ring (bicyclic) bond motifs is 1. The van der Waals surface area contributed by atoms with E-state index in [2.05, 4.69) is 11.9 Å². The Kier molecular flexibility index (Phi) is 4.61. The number of phenols is 1. The number of hydrogen-bond acceptors (Lipinski definition) is 6. The molecule has 0 amide bonds. The maximum atomic E-state index is 10.6. The molecule has 1 aliphatic heterocycles. The third-order valence-corrected chi connectivity index (χ3v) is 6.79. The maximum Gasteiger partial charge on any atom is 0.203 e. The maximum absolute atomic E-state index is 10.6. The van der Waals surface area contributed by atoms with E-state index in [0.29, 0.717) is 17.9 Å². The standard InChI is InChI=1S/C21H29NO5/c1-22-8-7-21-11-17(25-2)15(23)10-13(21)14(22)6-5-12-9-16(24)19(26-3)20(27-4)18(12)21/h9-10,14-15,17,23-24H,5-8,11H2,1-4H3/t14-,15-,17+,21+/m1/s1. The highest BCUT2D eigenvalue weighted by molar-refractivity contribution is 5.65. The molecule has 0 saturated carbocycles. The first kappa shape index (κ1) is 18.6. The summed E-state index contributed by atoms with van der Waals surface area (Å²) >= 11 is 0. The summed E-state index contributed by atoms with van der Waals surface area (Å²) < 4.78 is 16.9. The van der Waals surface area contributed by atoms with Crippen LogP contribution in [0.25, 0.3) is 0 Å². The Bertz CT molecular complexity index is 776. The Morgan fingerprint density at radius 2 is 1.93 bits per heavy atom. The van der Waals surface area contributed by atoms with Crippen LogP contribution in [-0.4, -0.2) is 68.3 Å². The highest BCUT2D eigenvalue weighted by atomic mass is 16.5. The fraction of sp³-hybridized carbons (Fsp3) is 0.619. The summed E-state index contributed by atoms with van der Waals surface area (Å²) in [6, 6.07) is 2.09. The minimum absolute atomic E-state index is 0.110. The number of phenolic OH excluding ortho intramolecular Hbond substituents is 1. The molecule has 1 aromatic rings. The van der Waals surface area contributed by atoms with Crippen LogP contribution < -0.4 is 9.47 Å². The van der Waals surface area contributed by atoms with Gasteiger partial charge in [0.2, 0.25) is 5.75 Å². The van der Waals surface area contributed by atoms with E-state index in [1.54, 1.807) is 21.3 Å². The van der Waals surface area contributed by atoms with Gasteiger partial charge in [0.25, 0.3) is 0 Å². The second-order valence-corrected chi connectivity index (χ2v) is 7.95. The molecular formula is C21H29NO5. The SMILES string of the molecule is COc1c(O)cc2c(c1OC)[C@]13CCN(C)[C@H](CC2)C1=C[C@@H](O)[C@@H](OC)C3. The molecule has 2 N–H and O–H groups in total. The zero-order valence-corrected chi connectivity index (χ0v) is 16.5. The zero-order valence-electron chi connectivity index (χ0n) is 16.5. The molecule has 0 radical (unpaired) electrons. The summed E-state index contributed by atoms with van der Waals surface area (Å²) in [5.41, 5.74) is 3.16. The van der Waals surface area contributed by atoms with Gasteiger partial charge in [0, 0.05) is 24.1 Å². The van der Waals surface area contributed by atoms with Gasteiger partial charge in [0.1, 0.15) is 0 Å². The molecule has 2 bridgehead atoms. The van der Waals surface area contributed by atoms with E-state index in [9.17, 15) is 10.2 Å². The number of nitrogens with zero attached hydrogens (tertiary/aromatic N) is 1. The monoisotopic (exact) mass is 375 g/mol. The highest BCUT2D eigenvalue weighted by Gasteiger charge is 2.53. The Labute approximate surface area is 160 Å². The fourth-order valence-corrected chi connectivity index (χ4v) is 5.52. The summed E-state index contributed by atoms with van der Waals surface area (Å²) in [6.07, 6.45) is 4.51. The number of aliphatic hydroxyl groups excluding tert-OH is 1. The van der Waals surface area contributed by atoms with E-state index in [0.717, 1.165) is 36.9 Å². The molecule has 148 valence electrons. The van der Waals surface area contributed by atoms with E-state index in [1.807, 2.05) is 12.1 Å². The van der Waals surface area contributed by atoms with E-state index in [1.165, 1.54) is 5.57 Å². The first-order chi connectivity index (χ1) is 13.0.